The molecule has 1 N–H and O–H groups in total. The van der Waals surface area contributed by atoms with Crippen LogP contribution in [0.15, 0.2) is 36.4 Å². The van der Waals surface area contributed by atoms with Gasteiger partial charge in [0.25, 0.3) is 11.7 Å². The molecule has 0 saturated heterocycles. The Morgan fingerprint density at radius 2 is 1.77 bits per heavy atom. The molecule has 0 radical (unpaired) electrons. The Balaban J connectivity index is 1.25. The van der Waals surface area contributed by atoms with Crippen LogP contribution in [0, 0.1) is 13.8 Å². The number of fused-ring (bicyclic) bond motifs is 1. The molecule has 1 heterocycles. The molecule has 2 aromatic carbocycles. The zero-order valence-electron chi connectivity index (χ0n) is 17.9. The first-order chi connectivity index (χ1) is 14.9. The fourth-order valence-electron chi connectivity index (χ4n) is 3.87. The van der Waals surface area contributed by atoms with Gasteiger partial charge in [-0.3, -0.25) is 4.79 Å². The lowest BCUT2D eigenvalue weighted by Gasteiger charge is -2.31. The van der Waals surface area contributed by atoms with Gasteiger partial charge in [0.15, 0.2) is 24.7 Å². The number of carbonyl (C=O) groups excluding carboxylic acids is 2. The van der Waals surface area contributed by atoms with Gasteiger partial charge in [-0.05, 0) is 56.0 Å². The van der Waals surface area contributed by atoms with Crippen molar-refractivity contribution < 1.29 is 28.5 Å². The highest BCUT2D eigenvalue weighted by molar-refractivity contribution is 5.93. The van der Waals surface area contributed by atoms with Crippen molar-refractivity contribution in [2.45, 2.75) is 51.7 Å². The molecule has 1 spiro atoms. The van der Waals surface area contributed by atoms with Crippen molar-refractivity contribution in [3.05, 3.63) is 47.5 Å². The summed E-state index contributed by atoms with van der Waals surface area (Å²) in [6.07, 6.45) is 5.08. The van der Waals surface area contributed by atoms with Gasteiger partial charge in [-0.1, -0.05) is 18.6 Å². The molecular formula is C24H27NO6. The number of aryl methyl sites for hydroxylation is 1. The van der Waals surface area contributed by atoms with Gasteiger partial charge >= 0.3 is 5.97 Å². The van der Waals surface area contributed by atoms with Gasteiger partial charge in [0.05, 0.1) is 0 Å². The molecule has 164 valence electrons. The van der Waals surface area contributed by atoms with E-state index in [1.165, 1.54) is 6.42 Å². The van der Waals surface area contributed by atoms with Crippen LogP contribution in [-0.4, -0.2) is 30.9 Å². The second-order valence-electron chi connectivity index (χ2n) is 8.03. The van der Waals surface area contributed by atoms with Gasteiger partial charge in [0, 0.05) is 24.6 Å². The first-order valence-electron chi connectivity index (χ1n) is 10.6. The third-order valence-electron chi connectivity index (χ3n) is 5.70. The third-order valence-corrected chi connectivity index (χ3v) is 5.70. The Morgan fingerprint density at radius 1 is 1.00 bits per heavy atom. The van der Waals surface area contributed by atoms with Gasteiger partial charge in [-0.15, -0.1) is 0 Å². The minimum Gasteiger partial charge on any atom is -0.482 e. The Labute approximate surface area is 181 Å². The molecule has 0 unspecified atom stereocenters. The van der Waals surface area contributed by atoms with E-state index < -0.39 is 24.3 Å². The summed E-state index contributed by atoms with van der Waals surface area (Å²) in [5, 5.41) is 2.72. The summed E-state index contributed by atoms with van der Waals surface area (Å²) in [4.78, 5) is 24.1. The SMILES string of the molecule is Cc1cccc(OCC(=O)OCC(=O)Nc2ccc3c(c2)OC2(CCCCC2)O3)c1C. The van der Waals surface area contributed by atoms with Gasteiger partial charge in [0.1, 0.15) is 5.75 Å². The number of amides is 1. The van der Waals surface area contributed by atoms with Crippen molar-refractivity contribution in [2.75, 3.05) is 18.5 Å². The van der Waals surface area contributed by atoms with Crippen molar-refractivity contribution >= 4 is 17.6 Å². The van der Waals surface area contributed by atoms with Crippen LogP contribution >= 0.6 is 0 Å². The Kier molecular flexibility index (Phi) is 6.02. The van der Waals surface area contributed by atoms with E-state index in [1.807, 2.05) is 26.0 Å². The van der Waals surface area contributed by atoms with Crippen molar-refractivity contribution in [3.63, 3.8) is 0 Å². The van der Waals surface area contributed by atoms with Gasteiger partial charge in [-0.25, -0.2) is 4.79 Å². The molecular weight excluding hydrogens is 398 g/mol. The summed E-state index contributed by atoms with van der Waals surface area (Å²) in [5.41, 5.74) is 2.59. The molecule has 1 aliphatic heterocycles. The number of anilines is 1. The molecule has 7 nitrogen and oxygen atoms in total. The lowest BCUT2D eigenvalue weighted by atomic mass is 9.94. The van der Waals surface area contributed by atoms with Crippen molar-refractivity contribution in [3.8, 4) is 17.2 Å². The average Bonchev–Trinajstić information content (AvgIpc) is 3.10. The second-order valence-corrected chi connectivity index (χ2v) is 8.03. The van der Waals surface area contributed by atoms with Crippen LogP contribution in [-0.2, 0) is 14.3 Å². The van der Waals surface area contributed by atoms with E-state index in [0.717, 1.165) is 36.8 Å². The monoisotopic (exact) mass is 425 g/mol. The van der Waals surface area contributed by atoms with E-state index in [1.54, 1.807) is 24.3 Å². The molecule has 1 fully saturated rings. The molecule has 0 aromatic heterocycles. The van der Waals surface area contributed by atoms with Crippen LogP contribution in [0.4, 0.5) is 5.69 Å². The number of hydrogen-bond donors (Lipinski definition) is 1. The minimum absolute atomic E-state index is 0.260. The van der Waals surface area contributed by atoms with E-state index in [2.05, 4.69) is 5.32 Å². The quantitative estimate of drug-likeness (QED) is 0.695. The molecule has 0 atom stereocenters. The largest absolute Gasteiger partial charge is 0.482 e. The van der Waals surface area contributed by atoms with E-state index in [-0.39, 0.29) is 6.61 Å². The predicted octanol–water partition coefficient (Wildman–Crippen LogP) is 4.30. The molecule has 7 heteroatoms. The summed E-state index contributed by atoms with van der Waals surface area (Å²) in [6.45, 7) is 3.23. The molecule has 1 aliphatic carbocycles. The molecule has 1 saturated carbocycles. The Morgan fingerprint density at radius 3 is 2.58 bits per heavy atom. The van der Waals surface area contributed by atoms with E-state index in [9.17, 15) is 9.59 Å². The van der Waals surface area contributed by atoms with Crippen molar-refractivity contribution in [1.29, 1.82) is 0 Å². The Bertz CT molecular complexity index is 980. The third kappa shape index (κ3) is 4.93. The highest BCUT2D eigenvalue weighted by Gasteiger charge is 2.42. The molecule has 31 heavy (non-hydrogen) atoms. The van der Waals surface area contributed by atoms with E-state index in [0.29, 0.717) is 22.9 Å². The van der Waals surface area contributed by atoms with Crippen LogP contribution in [0.1, 0.15) is 43.2 Å². The first kappa shape index (κ1) is 21.0. The number of esters is 1. The van der Waals surface area contributed by atoms with Crippen LogP contribution in [0.25, 0.3) is 0 Å². The highest BCUT2D eigenvalue weighted by Crippen LogP contribution is 2.46. The maximum Gasteiger partial charge on any atom is 0.344 e. The van der Waals surface area contributed by atoms with Gasteiger partial charge in [-0.2, -0.15) is 0 Å². The van der Waals surface area contributed by atoms with E-state index in [4.69, 9.17) is 18.9 Å². The maximum absolute atomic E-state index is 12.2. The molecule has 2 aromatic rings. The predicted molar refractivity (Wildman–Crippen MR) is 115 cm³/mol. The zero-order valence-corrected chi connectivity index (χ0v) is 17.9. The fourth-order valence-corrected chi connectivity index (χ4v) is 3.87. The minimum atomic E-state index is -0.610. The van der Waals surface area contributed by atoms with Crippen LogP contribution < -0.4 is 19.5 Å². The van der Waals surface area contributed by atoms with Gasteiger partial charge < -0.3 is 24.3 Å². The van der Waals surface area contributed by atoms with Crippen molar-refractivity contribution in [1.82, 2.24) is 0 Å². The molecule has 4 rings (SSSR count). The summed E-state index contributed by atoms with van der Waals surface area (Å²) in [5.74, 6) is 0.326. The smallest absolute Gasteiger partial charge is 0.344 e. The number of nitrogens with one attached hydrogen (secondary N) is 1. The van der Waals surface area contributed by atoms with Crippen LogP contribution in [0.2, 0.25) is 0 Å². The van der Waals surface area contributed by atoms with E-state index >= 15 is 0 Å². The zero-order chi connectivity index (χ0) is 21.8. The number of rotatable bonds is 6. The lowest BCUT2D eigenvalue weighted by Crippen LogP contribution is -2.40. The number of carbonyl (C=O) groups is 2. The maximum atomic E-state index is 12.2. The first-order valence-corrected chi connectivity index (χ1v) is 10.6. The molecule has 0 bridgehead atoms. The summed E-state index contributed by atoms with van der Waals surface area (Å²) in [7, 11) is 0. The normalized spacial score (nSPS) is 16.1. The fraction of sp³-hybridized carbons (Fsp3) is 0.417. The molecule has 2 aliphatic rings. The number of hydrogen-bond acceptors (Lipinski definition) is 6. The Hall–Kier alpha value is -3.22. The van der Waals surface area contributed by atoms with Crippen LogP contribution in [0.3, 0.4) is 0 Å². The standard InChI is InChI=1S/C24H27NO6/c1-16-7-6-8-19(17(16)2)28-15-23(27)29-14-22(26)25-18-9-10-20-21(13-18)31-24(30-20)11-4-3-5-12-24/h6-10,13H,3-5,11-12,14-15H2,1-2H3,(H,25,26). The lowest BCUT2D eigenvalue weighted by molar-refractivity contribution is -0.149. The second kappa shape index (κ2) is 8.88. The topological polar surface area (TPSA) is 83.1 Å². The average molecular weight is 425 g/mol. The highest BCUT2D eigenvalue weighted by atomic mass is 16.7. The van der Waals surface area contributed by atoms with Crippen LogP contribution in [0.5, 0.6) is 17.2 Å². The summed E-state index contributed by atoms with van der Waals surface area (Å²) < 4.78 is 22.6. The van der Waals surface area contributed by atoms with Gasteiger partial charge in [0.2, 0.25) is 0 Å². The number of ether oxygens (including phenoxy) is 4. The van der Waals surface area contributed by atoms with Crippen molar-refractivity contribution in [2.24, 2.45) is 0 Å². The number of benzene rings is 2. The summed E-state index contributed by atoms with van der Waals surface area (Å²) >= 11 is 0. The summed E-state index contributed by atoms with van der Waals surface area (Å²) in [6, 6.07) is 10.9. The molecule has 1 amide bonds.